The van der Waals surface area contributed by atoms with Gasteiger partial charge in [-0.1, -0.05) is 65.4 Å². The van der Waals surface area contributed by atoms with Crippen LogP contribution in [0.3, 0.4) is 0 Å². The molecule has 1 aliphatic heterocycles. The molecule has 0 saturated heterocycles. The zero-order chi connectivity index (χ0) is 29.1. The van der Waals surface area contributed by atoms with Crippen LogP contribution in [0.1, 0.15) is 29.7 Å². The Bertz CT molecular complexity index is 1810. The van der Waals surface area contributed by atoms with E-state index in [0.717, 1.165) is 16.0 Å². The second-order valence-corrected chi connectivity index (χ2v) is 11.2. The maximum Gasteiger partial charge on any atom is 0.338 e. The van der Waals surface area contributed by atoms with Crippen LogP contribution in [0, 0.1) is 0 Å². The molecule has 0 radical (unpaired) electrons. The van der Waals surface area contributed by atoms with E-state index in [1.807, 2.05) is 60.9 Å². The summed E-state index contributed by atoms with van der Waals surface area (Å²) < 4.78 is 18.3. The van der Waals surface area contributed by atoms with E-state index in [1.54, 1.807) is 41.5 Å². The van der Waals surface area contributed by atoms with E-state index in [-0.39, 0.29) is 12.2 Å². The maximum atomic E-state index is 14.1. The minimum atomic E-state index is -0.743. The number of methoxy groups -OCH3 is 2. The Hall–Kier alpha value is -3.79. The normalized spacial score (nSPS) is 14.9. The van der Waals surface area contributed by atoms with E-state index in [1.165, 1.54) is 25.6 Å². The van der Waals surface area contributed by atoms with Crippen molar-refractivity contribution in [2.24, 2.45) is 4.99 Å². The molecule has 0 unspecified atom stereocenters. The van der Waals surface area contributed by atoms with Gasteiger partial charge < -0.3 is 14.2 Å². The number of benzene rings is 3. The third-order valence-corrected chi connectivity index (χ3v) is 8.57. The van der Waals surface area contributed by atoms with Gasteiger partial charge in [-0.25, -0.2) is 9.79 Å². The number of fused-ring (bicyclic) bond motifs is 1. The highest BCUT2D eigenvalue weighted by atomic mass is 35.5. The minimum Gasteiger partial charge on any atom is -0.493 e. The first-order valence-electron chi connectivity index (χ1n) is 12.7. The van der Waals surface area contributed by atoms with Crippen LogP contribution in [0.25, 0.3) is 11.8 Å². The minimum absolute atomic E-state index is 0.188. The Morgan fingerprint density at radius 3 is 2.46 bits per heavy atom. The molecule has 0 fully saturated rings. The smallest absolute Gasteiger partial charge is 0.338 e. The number of carbonyl (C=O) groups is 1. The number of rotatable bonds is 8. The molecule has 0 amide bonds. The van der Waals surface area contributed by atoms with Crippen LogP contribution in [-0.2, 0) is 9.53 Å². The van der Waals surface area contributed by atoms with E-state index in [2.05, 4.69) is 0 Å². The molecule has 0 spiro atoms. The molecule has 41 heavy (non-hydrogen) atoms. The number of thiazole rings is 1. The summed E-state index contributed by atoms with van der Waals surface area (Å²) >= 11 is 9.29. The van der Waals surface area contributed by atoms with E-state index in [4.69, 9.17) is 30.8 Å². The number of ether oxygens (including phenoxy) is 3. The summed E-state index contributed by atoms with van der Waals surface area (Å²) in [7, 11) is 3.04. The lowest BCUT2D eigenvalue weighted by atomic mass is 9.93. The Kier molecular flexibility index (Phi) is 8.68. The molecular weight excluding hydrogens is 580 g/mol. The summed E-state index contributed by atoms with van der Waals surface area (Å²) in [5.74, 6) is 0.338. The van der Waals surface area contributed by atoms with Crippen molar-refractivity contribution in [3.8, 4) is 11.5 Å². The summed E-state index contributed by atoms with van der Waals surface area (Å²) in [4.78, 5) is 34.1. The molecule has 0 bridgehead atoms. The largest absolute Gasteiger partial charge is 0.493 e. The summed E-state index contributed by atoms with van der Waals surface area (Å²) in [6, 6.07) is 20.0. The fraction of sp³-hybridized carbons (Fsp3) is 0.194. The second-order valence-electron chi connectivity index (χ2n) is 8.94. The van der Waals surface area contributed by atoms with Crippen LogP contribution in [0.2, 0.25) is 5.02 Å². The molecule has 0 N–H and O–H groups in total. The monoisotopic (exact) mass is 606 g/mol. The van der Waals surface area contributed by atoms with E-state index in [0.29, 0.717) is 42.7 Å². The van der Waals surface area contributed by atoms with Gasteiger partial charge in [0.05, 0.1) is 47.7 Å². The average Bonchev–Trinajstić information content (AvgIpc) is 3.30. The summed E-state index contributed by atoms with van der Waals surface area (Å²) in [6.45, 7) is 1.94. The Labute approximate surface area is 250 Å². The third-order valence-electron chi connectivity index (χ3n) is 6.56. The van der Waals surface area contributed by atoms with Gasteiger partial charge in [0.25, 0.3) is 5.56 Å². The average molecular weight is 607 g/mol. The first kappa shape index (κ1) is 28.7. The van der Waals surface area contributed by atoms with Crippen LogP contribution in [-0.4, -0.2) is 37.6 Å². The molecule has 3 aromatic carbocycles. The van der Waals surface area contributed by atoms with E-state index in [9.17, 15) is 9.59 Å². The fourth-order valence-corrected chi connectivity index (χ4v) is 6.42. The number of carbonyl (C=O) groups excluding carboxylic acids is 1. The number of nitrogens with zero attached hydrogens (tertiary/aromatic N) is 2. The van der Waals surface area contributed by atoms with Gasteiger partial charge in [-0.3, -0.25) is 9.36 Å². The Balaban J connectivity index is 1.80. The fourth-order valence-electron chi connectivity index (χ4n) is 4.71. The quantitative estimate of drug-likeness (QED) is 0.199. The molecular formula is C31H27ClN2O5S2. The van der Waals surface area contributed by atoms with Gasteiger partial charge in [-0.15, -0.1) is 11.8 Å². The molecule has 2 heterocycles. The van der Waals surface area contributed by atoms with Crippen LogP contribution in [0.4, 0.5) is 0 Å². The van der Waals surface area contributed by atoms with Crippen molar-refractivity contribution < 1.29 is 19.0 Å². The highest BCUT2D eigenvalue weighted by Gasteiger charge is 2.35. The van der Waals surface area contributed by atoms with Crippen molar-refractivity contribution in [3.05, 3.63) is 114 Å². The number of aromatic nitrogens is 1. The van der Waals surface area contributed by atoms with E-state index >= 15 is 0 Å². The topological polar surface area (TPSA) is 79.1 Å². The van der Waals surface area contributed by atoms with Gasteiger partial charge in [0, 0.05) is 10.5 Å². The predicted octanol–water partition coefficient (Wildman–Crippen LogP) is 5.33. The van der Waals surface area contributed by atoms with Gasteiger partial charge in [-0.2, -0.15) is 0 Å². The lowest BCUT2D eigenvalue weighted by Crippen LogP contribution is -2.40. The first-order chi connectivity index (χ1) is 19.9. The second kappa shape index (κ2) is 12.4. The molecule has 5 rings (SSSR count). The molecule has 1 aromatic heterocycles. The van der Waals surface area contributed by atoms with E-state index < -0.39 is 12.0 Å². The zero-order valence-corrected chi connectivity index (χ0v) is 25.2. The van der Waals surface area contributed by atoms with Crippen molar-refractivity contribution in [2.75, 3.05) is 27.1 Å². The summed E-state index contributed by atoms with van der Waals surface area (Å²) in [6.07, 6.45) is 3.73. The number of hydrogen-bond acceptors (Lipinski definition) is 8. The van der Waals surface area contributed by atoms with Gasteiger partial charge in [0.1, 0.15) is 0 Å². The predicted molar refractivity (Wildman–Crippen MR) is 164 cm³/mol. The molecule has 4 aromatic rings. The van der Waals surface area contributed by atoms with Crippen LogP contribution < -0.4 is 24.4 Å². The summed E-state index contributed by atoms with van der Waals surface area (Å²) in [5.41, 5.74) is 2.69. The van der Waals surface area contributed by atoms with Crippen LogP contribution in [0.15, 0.2) is 87.0 Å². The molecule has 0 saturated carbocycles. The maximum absolute atomic E-state index is 14.1. The molecule has 10 heteroatoms. The van der Waals surface area contributed by atoms with Gasteiger partial charge >= 0.3 is 5.97 Å². The Morgan fingerprint density at radius 2 is 1.83 bits per heavy atom. The van der Waals surface area contributed by atoms with Crippen LogP contribution in [0.5, 0.6) is 11.5 Å². The zero-order valence-electron chi connectivity index (χ0n) is 22.8. The lowest BCUT2D eigenvalue weighted by molar-refractivity contribution is -0.138. The lowest BCUT2D eigenvalue weighted by Gasteiger charge is -2.26. The van der Waals surface area contributed by atoms with Crippen molar-refractivity contribution in [1.29, 1.82) is 0 Å². The molecule has 1 aliphatic rings. The number of thioether (sulfide) groups is 1. The van der Waals surface area contributed by atoms with Gasteiger partial charge in [-0.05, 0) is 54.6 Å². The third kappa shape index (κ3) is 5.57. The van der Waals surface area contributed by atoms with Crippen molar-refractivity contribution >= 4 is 52.4 Å². The van der Waals surface area contributed by atoms with Crippen molar-refractivity contribution in [3.63, 3.8) is 0 Å². The van der Waals surface area contributed by atoms with Gasteiger partial charge in [0.2, 0.25) is 0 Å². The van der Waals surface area contributed by atoms with Crippen molar-refractivity contribution in [2.45, 2.75) is 17.9 Å². The SMILES string of the molecule is CCOC(=O)C1=C(c2ccccc2)N=c2sc(=Cc3cc(Cl)c(OC)c(OC)c3)c(=O)n2[C@H]1c1ccc(SC)cc1. The first-order valence-corrected chi connectivity index (χ1v) is 15.2. The Morgan fingerprint density at radius 1 is 1.10 bits per heavy atom. The highest BCUT2D eigenvalue weighted by molar-refractivity contribution is 7.98. The molecule has 0 aliphatic carbocycles. The van der Waals surface area contributed by atoms with Crippen molar-refractivity contribution in [1.82, 2.24) is 4.57 Å². The highest BCUT2D eigenvalue weighted by Crippen LogP contribution is 2.37. The molecule has 1 atom stereocenters. The summed E-state index contributed by atoms with van der Waals surface area (Å²) in [5, 5.41) is 0.355. The number of halogens is 1. The van der Waals surface area contributed by atoms with Gasteiger partial charge in [0.15, 0.2) is 16.3 Å². The molecule has 7 nitrogen and oxygen atoms in total. The number of esters is 1. The number of hydrogen-bond donors (Lipinski definition) is 0. The molecule has 210 valence electrons. The standard InChI is InChI=1S/C31H27ClN2O5S2/c1-5-39-30(36)25-26(19-9-7-6-8-10-19)33-31-34(27(25)20-11-13-21(40-4)14-12-20)29(35)24(41-31)17-18-15-22(32)28(38-3)23(16-18)37-2/h6-17,27H,5H2,1-4H3/t27-/m0/s1. The van der Waals surface area contributed by atoms with Crippen LogP contribution >= 0.6 is 34.7 Å².